The molecule has 2 aromatic rings. The summed E-state index contributed by atoms with van der Waals surface area (Å²) in [5.74, 6) is -2.44. The number of carbonyl (C=O) groups excluding carboxylic acids is 3. The lowest BCUT2D eigenvalue weighted by molar-refractivity contribution is -0.140. The predicted octanol–water partition coefficient (Wildman–Crippen LogP) is 3.37. The number of nitrogens with zero attached hydrogens (tertiary/aromatic N) is 2. The number of Topliss-reactive ketones (excluding diaryl/α,β-unsaturated/α-hetero) is 2. The van der Waals surface area contributed by atoms with Gasteiger partial charge in [0.2, 0.25) is 5.78 Å². The third-order valence-corrected chi connectivity index (χ3v) is 5.66. The Hall–Kier alpha value is -2.79. The third kappa shape index (κ3) is 4.46. The zero-order valence-electron chi connectivity index (χ0n) is 17.1. The number of likely N-dealkylation sites (tertiary alicyclic amines) is 1. The Kier molecular flexibility index (Phi) is 6.94. The van der Waals surface area contributed by atoms with E-state index in [2.05, 4.69) is 18.7 Å². The molecule has 0 saturated carbocycles. The zero-order chi connectivity index (χ0) is 20.8. The van der Waals surface area contributed by atoms with Gasteiger partial charge in [0.1, 0.15) is 5.92 Å². The molecule has 0 radical (unpaired) electrons. The van der Waals surface area contributed by atoms with Gasteiger partial charge in [-0.3, -0.25) is 14.4 Å². The highest BCUT2D eigenvalue weighted by Gasteiger charge is 2.51. The Balaban J connectivity index is 1.90. The summed E-state index contributed by atoms with van der Waals surface area (Å²) in [5.41, 5.74) is 1.29. The first kappa shape index (κ1) is 20.9. The molecule has 29 heavy (non-hydrogen) atoms. The van der Waals surface area contributed by atoms with Crippen LogP contribution in [0.2, 0.25) is 0 Å². The van der Waals surface area contributed by atoms with Crippen LogP contribution in [0.5, 0.6) is 0 Å². The maximum atomic E-state index is 13.2. The van der Waals surface area contributed by atoms with Gasteiger partial charge >= 0.3 is 0 Å². The van der Waals surface area contributed by atoms with Crippen LogP contribution in [0.4, 0.5) is 0 Å². The lowest BCUT2D eigenvalue weighted by Gasteiger charge is -2.28. The van der Waals surface area contributed by atoms with Crippen molar-refractivity contribution in [3.05, 3.63) is 71.8 Å². The van der Waals surface area contributed by atoms with Gasteiger partial charge in [0.05, 0.1) is 6.04 Å². The molecule has 2 aromatic carbocycles. The molecule has 5 nitrogen and oxygen atoms in total. The smallest absolute Gasteiger partial charge is 0.291 e. The van der Waals surface area contributed by atoms with Crippen molar-refractivity contribution in [2.45, 2.75) is 26.3 Å². The van der Waals surface area contributed by atoms with Gasteiger partial charge in [-0.1, -0.05) is 74.5 Å². The van der Waals surface area contributed by atoms with Gasteiger partial charge in [-0.15, -0.1) is 0 Å². The molecular weight excluding hydrogens is 364 g/mol. The third-order valence-electron chi connectivity index (χ3n) is 5.66. The zero-order valence-corrected chi connectivity index (χ0v) is 17.1. The number of hydrogen-bond acceptors (Lipinski definition) is 4. The summed E-state index contributed by atoms with van der Waals surface area (Å²) in [6.45, 7) is 7.41. The normalized spacial score (nSPS) is 19.2. The van der Waals surface area contributed by atoms with Gasteiger partial charge in [0.15, 0.2) is 5.78 Å². The van der Waals surface area contributed by atoms with Crippen LogP contribution >= 0.6 is 0 Å². The first-order chi connectivity index (χ1) is 14.1. The Morgan fingerprint density at radius 1 is 0.931 bits per heavy atom. The molecular formula is C24H28N2O3. The summed E-state index contributed by atoms with van der Waals surface area (Å²) >= 11 is 0. The number of rotatable bonds is 9. The molecule has 0 bridgehead atoms. The van der Waals surface area contributed by atoms with E-state index in [0.717, 1.165) is 31.6 Å². The fourth-order valence-corrected chi connectivity index (χ4v) is 4.04. The first-order valence-corrected chi connectivity index (χ1v) is 10.3. The highest BCUT2D eigenvalue weighted by atomic mass is 16.2. The molecule has 5 heteroatoms. The lowest BCUT2D eigenvalue weighted by Crippen LogP contribution is -2.34. The van der Waals surface area contributed by atoms with Crippen molar-refractivity contribution >= 4 is 17.5 Å². The van der Waals surface area contributed by atoms with E-state index in [1.165, 1.54) is 0 Å². The monoisotopic (exact) mass is 392 g/mol. The number of hydrogen-bond donors (Lipinski definition) is 0. The molecule has 0 N–H and O–H groups in total. The molecule has 0 aromatic heterocycles. The minimum atomic E-state index is -0.999. The van der Waals surface area contributed by atoms with Crippen LogP contribution in [0.1, 0.15) is 42.2 Å². The standard InChI is InChI=1S/C24H28N2O3/c1-3-25(4-2)16-11-17-26-21(18-12-7-5-8-13-18)20(23(28)24(26)29)22(27)19-14-9-6-10-15-19/h5-10,12-15,20-21H,3-4,11,16-17H2,1-2H3. The average molecular weight is 392 g/mol. The summed E-state index contributed by atoms with van der Waals surface area (Å²) in [4.78, 5) is 42.8. The van der Waals surface area contributed by atoms with Gasteiger partial charge < -0.3 is 9.80 Å². The van der Waals surface area contributed by atoms with Crippen LogP contribution in [0, 0.1) is 5.92 Å². The van der Waals surface area contributed by atoms with E-state index < -0.39 is 23.7 Å². The van der Waals surface area contributed by atoms with Gasteiger partial charge in [-0.05, 0) is 31.6 Å². The number of benzene rings is 2. The molecule has 1 aliphatic rings. The second-order valence-electron chi connectivity index (χ2n) is 7.31. The van der Waals surface area contributed by atoms with Gasteiger partial charge in [-0.2, -0.15) is 0 Å². The first-order valence-electron chi connectivity index (χ1n) is 10.3. The van der Waals surface area contributed by atoms with E-state index in [9.17, 15) is 14.4 Å². The molecule has 1 saturated heterocycles. The van der Waals surface area contributed by atoms with Gasteiger partial charge in [-0.25, -0.2) is 0 Å². The summed E-state index contributed by atoms with van der Waals surface area (Å²) in [6, 6.07) is 17.6. The van der Waals surface area contributed by atoms with E-state index in [-0.39, 0.29) is 5.78 Å². The van der Waals surface area contributed by atoms with Gasteiger partial charge in [0.25, 0.3) is 5.91 Å². The summed E-state index contributed by atoms with van der Waals surface area (Å²) in [5, 5.41) is 0. The quantitative estimate of drug-likeness (QED) is 0.373. The van der Waals surface area contributed by atoms with E-state index in [0.29, 0.717) is 12.1 Å². The topological polar surface area (TPSA) is 57.7 Å². The Labute approximate surface area is 172 Å². The molecule has 1 heterocycles. The fourth-order valence-electron chi connectivity index (χ4n) is 4.04. The Bertz CT molecular complexity index is 847. The van der Waals surface area contributed by atoms with Crippen molar-refractivity contribution in [1.29, 1.82) is 0 Å². The Morgan fingerprint density at radius 2 is 1.52 bits per heavy atom. The second-order valence-corrected chi connectivity index (χ2v) is 7.31. The minimum Gasteiger partial charge on any atom is -0.328 e. The van der Waals surface area contributed by atoms with Crippen LogP contribution in [-0.4, -0.2) is 53.5 Å². The number of amides is 1. The molecule has 0 aliphatic carbocycles. The molecule has 1 aliphatic heterocycles. The number of ketones is 2. The van der Waals surface area contributed by atoms with Crippen LogP contribution in [0.15, 0.2) is 60.7 Å². The van der Waals surface area contributed by atoms with E-state index >= 15 is 0 Å². The number of carbonyl (C=O) groups is 3. The maximum absolute atomic E-state index is 13.2. The van der Waals surface area contributed by atoms with Crippen LogP contribution in [-0.2, 0) is 9.59 Å². The molecule has 152 valence electrons. The lowest BCUT2D eigenvalue weighted by atomic mass is 9.86. The van der Waals surface area contributed by atoms with Crippen LogP contribution in [0.25, 0.3) is 0 Å². The maximum Gasteiger partial charge on any atom is 0.291 e. The van der Waals surface area contributed by atoms with Gasteiger partial charge in [0, 0.05) is 12.1 Å². The SMILES string of the molecule is CCN(CC)CCCN1C(=O)C(=O)C(C(=O)c2ccccc2)C1c1ccccc1. The summed E-state index contributed by atoms with van der Waals surface area (Å²) in [6.07, 6.45) is 0.760. The molecule has 0 spiro atoms. The predicted molar refractivity (Wildman–Crippen MR) is 113 cm³/mol. The molecule has 2 atom stereocenters. The average Bonchev–Trinajstić information content (AvgIpc) is 3.02. The van der Waals surface area contributed by atoms with Crippen molar-refractivity contribution in [1.82, 2.24) is 9.80 Å². The summed E-state index contributed by atoms with van der Waals surface area (Å²) < 4.78 is 0. The second kappa shape index (κ2) is 9.61. The molecule has 2 unspecified atom stereocenters. The van der Waals surface area contributed by atoms with Crippen LogP contribution in [0.3, 0.4) is 0 Å². The van der Waals surface area contributed by atoms with E-state index in [1.807, 2.05) is 36.4 Å². The minimum absolute atomic E-state index is 0.288. The fraction of sp³-hybridized carbons (Fsp3) is 0.375. The van der Waals surface area contributed by atoms with Crippen molar-refractivity contribution < 1.29 is 14.4 Å². The van der Waals surface area contributed by atoms with Crippen molar-refractivity contribution in [2.75, 3.05) is 26.2 Å². The van der Waals surface area contributed by atoms with Crippen molar-refractivity contribution in [3.8, 4) is 0 Å². The highest BCUT2D eigenvalue weighted by Crippen LogP contribution is 2.38. The highest BCUT2D eigenvalue weighted by molar-refractivity contribution is 6.44. The molecule has 1 fully saturated rings. The van der Waals surface area contributed by atoms with E-state index in [4.69, 9.17) is 0 Å². The van der Waals surface area contributed by atoms with Crippen LogP contribution < -0.4 is 0 Å². The summed E-state index contributed by atoms with van der Waals surface area (Å²) in [7, 11) is 0. The molecule has 3 rings (SSSR count). The Morgan fingerprint density at radius 3 is 2.10 bits per heavy atom. The van der Waals surface area contributed by atoms with Crippen molar-refractivity contribution in [3.63, 3.8) is 0 Å². The van der Waals surface area contributed by atoms with Crippen molar-refractivity contribution in [2.24, 2.45) is 5.92 Å². The molecule has 1 amide bonds. The van der Waals surface area contributed by atoms with E-state index in [1.54, 1.807) is 29.2 Å². The largest absolute Gasteiger partial charge is 0.328 e.